The van der Waals surface area contributed by atoms with E-state index in [1.54, 1.807) is 6.07 Å². The number of esters is 1. The number of aromatic amines is 1. The standard InChI is InChI=1S/C5H6N2O2.ClH/c1-4(8)9-5-2-3-6-7-5;/h2-3H,1H3,(H,6,7);1H. The Labute approximate surface area is 64.0 Å². The number of H-pyrrole nitrogens is 1. The molecule has 0 aromatic carbocycles. The van der Waals surface area contributed by atoms with Crippen LogP contribution in [-0.2, 0) is 4.79 Å². The Hall–Kier alpha value is -1.03. The van der Waals surface area contributed by atoms with Gasteiger partial charge in [-0.25, -0.2) is 5.10 Å². The maximum atomic E-state index is 10.2. The van der Waals surface area contributed by atoms with Crippen molar-refractivity contribution in [2.75, 3.05) is 0 Å². The van der Waals surface area contributed by atoms with E-state index in [1.165, 1.54) is 13.1 Å². The lowest BCUT2D eigenvalue weighted by molar-refractivity contribution is -0.132. The fraction of sp³-hybridized carbons (Fsp3) is 0.200. The number of nitrogens with one attached hydrogen (secondary N) is 1. The quantitative estimate of drug-likeness (QED) is 0.621. The molecule has 5 heteroatoms. The molecule has 1 aromatic rings. The van der Waals surface area contributed by atoms with Crippen molar-refractivity contribution in [3.63, 3.8) is 0 Å². The van der Waals surface area contributed by atoms with Gasteiger partial charge in [0.15, 0.2) is 0 Å². The second-order valence-corrected chi connectivity index (χ2v) is 1.51. The van der Waals surface area contributed by atoms with E-state index in [0.29, 0.717) is 5.88 Å². The zero-order valence-corrected chi connectivity index (χ0v) is 6.14. The molecule has 1 N–H and O–H groups in total. The minimum atomic E-state index is -0.348. The topological polar surface area (TPSA) is 55.0 Å². The van der Waals surface area contributed by atoms with Crippen LogP contribution in [0.1, 0.15) is 6.92 Å². The predicted octanol–water partition coefficient (Wildman–Crippen LogP) is 0.757. The molecule has 0 saturated heterocycles. The first-order valence-electron chi connectivity index (χ1n) is 2.47. The van der Waals surface area contributed by atoms with Gasteiger partial charge in [-0.05, 0) is 0 Å². The minimum absolute atomic E-state index is 0. The number of halogens is 1. The molecule has 0 saturated carbocycles. The van der Waals surface area contributed by atoms with Gasteiger partial charge in [0.1, 0.15) is 0 Å². The SMILES string of the molecule is CC(=O)Oc1ccn[nH]1.Cl. The lowest BCUT2D eigenvalue weighted by atomic mass is 10.7. The highest BCUT2D eigenvalue weighted by Crippen LogP contribution is 2.00. The maximum absolute atomic E-state index is 10.2. The molecule has 10 heavy (non-hydrogen) atoms. The molecule has 1 rings (SSSR count). The number of ether oxygens (including phenoxy) is 1. The van der Waals surface area contributed by atoms with Gasteiger partial charge >= 0.3 is 5.97 Å². The average Bonchev–Trinajstić information content (AvgIpc) is 2.15. The zero-order chi connectivity index (χ0) is 6.69. The molecule has 1 heterocycles. The van der Waals surface area contributed by atoms with Crippen LogP contribution in [0.3, 0.4) is 0 Å². The van der Waals surface area contributed by atoms with Crippen LogP contribution >= 0.6 is 12.4 Å². The Kier molecular flexibility index (Phi) is 3.49. The van der Waals surface area contributed by atoms with Gasteiger partial charge in [-0.15, -0.1) is 12.4 Å². The molecule has 0 radical (unpaired) electrons. The Balaban J connectivity index is 0.000000810. The number of carbonyl (C=O) groups is 1. The summed E-state index contributed by atoms with van der Waals surface area (Å²) in [7, 11) is 0. The van der Waals surface area contributed by atoms with Crippen molar-refractivity contribution in [2.24, 2.45) is 0 Å². The lowest BCUT2D eigenvalue weighted by Gasteiger charge is -1.91. The van der Waals surface area contributed by atoms with Crippen LogP contribution in [0.5, 0.6) is 5.88 Å². The van der Waals surface area contributed by atoms with E-state index < -0.39 is 0 Å². The molecule has 0 spiro atoms. The molecule has 0 atom stereocenters. The molecular formula is C5H7ClN2O2. The van der Waals surface area contributed by atoms with E-state index in [9.17, 15) is 4.79 Å². The maximum Gasteiger partial charge on any atom is 0.309 e. The smallest absolute Gasteiger partial charge is 0.309 e. The molecule has 1 aromatic heterocycles. The summed E-state index contributed by atoms with van der Waals surface area (Å²) in [5.74, 6) is 0.0294. The molecule has 0 fully saturated rings. The number of nitrogens with zero attached hydrogens (tertiary/aromatic N) is 1. The minimum Gasteiger partial charge on any atom is -0.408 e. The van der Waals surface area contributed by atoms with Gasteiger partial charge in [-0.1, -0.05) is 0 Å². The first-order valence-corrected chi connectivity index (χ1v) is 2.47. The van der Waals surface area contributed by atoms with Crippen LogP contribution in [0.15, 0.2) is 12.3 Å². The van der Waals surface area contributed by atoms with Crippen LogP contribution in [0.2, 0.25) is 0 Å². The second-order valence-electron chi connectivity index (χ2n) is 1.51. The second kappa shape index (κ2) is 3.90. The monoisotopic (exact) mass is 162 g/mol. The van der Waals surface area contributed by atoms with Crippen molar-refractivity contribution < 1.29 is 9.53 Å². The van der Waals surface area contributed by atoms with Crippen molar-refractivity contribution >= 4 is 18.4 Å². The highest BCUT2D eigenvalue weighted by Gasteiger charge is 1.95. The molecular weight excluding hydrogens is 156 g/mol. The van der Waals surface area contributed by atoms with Crippen molar-refractivity contribution in [3.05, 3.63) is 12.3 Å². The third kappa shape index (κ3) is 2.50. The zero-order valence-electron chi connectivity index (χ0n) is 5.33. The third-order valence-corrected chi connectivity index (χ3v) is 0.729. The summed E-state index contributed by atoms with van der Waals surface area (Å²) in [6.45, 7) is 1.33. The molecule has 0 aliphatic heterocycles. The number of rotatable bonds is 1. The van der Waals surface area contributed by atoms with Crippen LogP contribution in [-0.4, -0.2) is 16.2 Å². The number of hydrogen-bond acceptors (Lipinski definition) is 3. The summed E-state index contributed by atoms with van der Waals surface area (Å²) in [6.07, 6.45) is 1.51. The van der Waals surface area contributed by atoms with Crippen molar-refractivity contribution in [1.29, 1.82) is 0 Å². The number of carbonyl (C=O) groups excluding carboxylic acids is 1. The van der Waals surface area contributed by atoms with Gasteiger partial charge in [0.05, 0.1) is 6.20 Å². The van der Waals surface area contributed by atoms with Gasteiger partial charge in [0.25, 0.3) is 0 Å². The van der Waals surface area contributed by atoms with Crippen molar-refractivity contribution in [3.8, 4) is 5.88 Å². The Morgan fingerprint density at radius 2 is 2.50 bits per heavy atom. The summed E-state index contributed by atoms with van der Waals surface area (Å²) in [5, 5.41) is 6.05. The molecule has 0 amide bonds. The van der Waals surface area contributed by atoms with E-state index >= 15 is 0 Å². The summed E-state index contributed by atoms with van der Waals surface area (Å²) in [5.41, 5.74) is 0. The third-order valence-electron chi connectivity index (χ3n) is 0.729. The van der Waals surface area contributed by atoms with E-state index in [-0.39, 0.29) is 18.4 Å². The predicted molar refractivity (Wildman–Crippen MR) is 37.1 cm³/mol. The summed E-state index contributed by atoms with van der Waals surface area (Å²) >= 11 is 0. The van der Waals surface area contributed by atoms with Crippen LogP contribution in [0.25, 0.3) is 0 Å². The summed E-state index contributed by atoms with van der Waals surface area (Å²) in [6, 6.07) is 1.57. The fourth-order valence-electron chi connectivity index (χ4n) is 0.455. The Bertz CT molecular complexity index is 197. The first-order chi connectivity index (χ1) is 4.29. The largest absolute Gasteiger partial charge is 0.408 e. The Morgan fingerprint density at radius 3 is 2.90 bits per heavy atom. The fourth-order valence-corrected chi connectivity index (χ4v) is 0.455. The number of aromatic nitrogens is 2. The van der Waals surface area contributed by atoms with Crippen LogP contribution in [0, 0.1) is 0 Å². The highest BCUT2D eigenvalue weighted by atomic mass is 35.5. The molecule has 0 unspecified atom stereocenters. The first kappa shape index (κ1) is 8.97. The molecule has 0 aliphatic carbocycles. The Morgan fingerprint density at radius 1 is 1.80 bits per heavy atom. The lowest BCUT2D eigenvalue weighted by Crippen LogP contribution is -2.01. The summed E-state index contributed by atoms with van der Waals surface area (Å²) < 4.78 is 4.60. The highest BCUT2D eigenvalue weighted by molar-refractivity contribution is 5.85. The van der Waals surface area contributed by atoms with Gasteiger partial charge < -0.3 is 4.74 Å². The molecule has 0 aliphatic rings. The summed E-state index contributed by atoms with van der Waals surface area (Å²) in [4.78, 5) is 10.2. The molecule has 0 bridgehead atoms. The van der Waals surface area contributed by atoms with E-state index in [1.807, 2.05) is 0 Å². The van der Waals surface area contributed by atoms with E-state index in [4.69, 9.17) is 0 Å². The van der Waals surface area contributed by atoms with Crippen molar-refractivity contribution in [1.82, 2.24) is 10.2 Å². The normalized spacial score (nSPS) is 8.10. The average molecular weight is 163 g/mol. The van der Waals surface area contributed by atoms with Gasteiger partial charge in [-0.2, -0.15) is 5.10 Å². The van der Waals surface area contributed by atoms with Crippen LogP contribution in [0.4, 0.5) is 0 Å². The van der Waals surface area contributed by atoms with Crippen LogP contribution < -0.4 is 4.74 Å². The van der Waals surface area contributed by atoms with E-state index in [2.05, 4.69) is 14.9 Å². The van der Waals surface area contributed by atoms with Gasteiger partial charge in [0, 0.05) is 13.0 Å². The van der Waals surface area contributed by atoms with Crippen molar-refractivity contribution in [2.45, 2.75) is 6.92 Å². The van der Waals surface area contributed by atoms with E-state index in [0.717, 1.165) is 0 Å². The number of hydrogen-bond donors (Lipinski definition) is 1. The van der Waals surface area contributed by atoms with Gasteiger partial charge in [0.2, 0.25) is 5.88 Å². The van der Waals surface area contributed by atoms with Gasteiger partial charge in [-0.3, -0.25) is 4.79 Å². The molecule has 56 valence electrons. The molecule has 4 nitrogen and oxygen atoms in total.